The van der Waals surface area contributed by atoms with Crippen molar-refractivity contribution in [3.63, 3.8) is 0 Å². The van der Waals surface area contributed by atoms with Crippen molar-refractivity contribution >= 4 is 0 Å². The molecular formula is C16H26N2O. The van der Waals surface area contributed by atoms with Gasteiger partial charge in [-0.15, -0.1) is 0 Å². The fourth-order valence-corrected chi connectivity index (χ4v) is 3.74. The van der Waals surface area contributed by atoms with Gasteiger partial charge < -0.3 is 5.11 Å². The first-order chi connectivity index (χ1) is 9.25. The van der Waals surface area contributed by atoms with E-state index in [1.165, 1.54) is 51.4 Å². The molecule has 1 aromatic rings. The van der Waals surface area contributed by atoms with Gasteiger partial charge in [-0.05, 0) is 31.7 Å². The minimum Gasteiger partial charge on any atom is -0.389 e. The smallest absolute Gasteiger partial charge is 0.0703 e. The molecule has 2 aliphatic carbocycles. The summed E-state index contributed by atoms with van der Waals surface area (Å²) in [6, 6.07) is 2.71. The van der Waals surface area contributed by atoms with E-state index >= 15 is 0 Å². The summed E-state index contributed by atoms with van der Waals surface area (Å²) >= 11 is 0. The zero-order chi connectivity index (χ0) is 13.1. The van der Waals surface area contributed by atoms with Gasteiger partial charge in [0, 0.05) is 12.6 Å². The quantitative estimate of drug-likeness (QED) is 0.903. The van der Waals surface area contributed by atoms with E-state index in [1.807, 2.05) is 0 Å². The molecule has 0 amide bonds. The highest BCUT2D eigenvalue weighted by molar-refractivity contribution is 5.05. The average Bonchev–Trinajstić information content (AvgIpc) is 2.88. The maximum absolute atomic E-state index is 10.6. The Balaban J connectivity index is 1.63. The molecule has 3 rings (SSSR count). The zero-order valence-electron chi connectivity index (χ0n) is 11.9. The Bertz CT molecular complexity index is 401. The van der Waals surface area contributed by atoms with E-state index in [0.29, 0.717) is 6.04 Å². The summed E-state index contributed by atoms with van der Waals surface area (Å²) in [6.45, 7) is 0. The molecule has 0 aliphatic heterocycles. The van der Waals surface area contributed by atoms with Crippen LogP contribution >= 0.6 is 0 Å². The lowest BCUT2D eigenvalue weighted by atomic mass is 9.82. The highest BCUT2D eigenvalue weighted by atomic mass is 16.3. The molecule has 0 spiro atoms. The molecule has 0 atom stereocenters. The molecule has 1 N–H and O–H groups in total. The first-order valence-corrected chi connectivity index (χ1v) is 8.02. The van der Waals surface area contributed by atoms with Crippen LogP contribution in [0.25, 0.3) is 0 Å². The molecule has 0 aromatic carbocycles. The van der Waals surface area contributed by atoms with Crippen LogP contribution in [0.4, 0.5) is 0 Å². The Morgan fingerprint density at radius 3 is 2.53 bits per heavy atom. The average molecular weight is 262 g/mol. The summed E-state index contributed by atoms with van der Waals surface area (Å²) in [5, 5.41) is 15.3. The maximum Gasteiger partial charge on any atom is 0.0703 e. The molecule has 1 aromatic heterocycles. The number of aromatic nitrogens is 2. The van der Waals surface area contributed by atoms with E-state index in [4.69, 9.17) is 5.10 Å². The van der Waals surface area contributed by atoms with Crippen LogP contribution in [0.3, 0.4) is 0 Å². The second-order valence-corrected chi connectivity index (χ2v) is 6.54. The number of nitrogens with zero attached hydrogens (tertiary/aromatic N) is 2. The second-order valence-electron chi connectivity index (χ2n) is 6.54. The molecule has 1 heterocycles. The van der Waals surface area contributed by atoms with E-state index in [2.05, 4.69) is 16.9 Å². The Morgan fingerprint density at radius 2 is 1.79 bits per heavy atom. The van der Waals surface area contributed by atoms with Crippen LogP contribution in [0, 0.1) is 0 Å². The molecule has 19 heavy (non-hydrogen) atoms. The van der Waals surface area contributed by atoms with Gasteiger partial charge in [-0.2, -0.15) is 5.10 Å². The SMILES string of the molecule is OC1(Cc2ccn(C3CCCCC3)n2)CCCCC1. The molecule has 2 saturated carbocycles. The Kier molecular flexibility index (Phi) is 3.92. The molecule has 0 saturated heterocycles. The number of aliphatic hydroxyl groups is 1. The lowest BCUT2D eigenvalue weighted by Crippen LogP contribution is -2.34. The van der Waals surface area contributed by atoms with Crippen LogP contribution in [0.15, 0.2) is 12.3 Å². The first kappa shape index (κ1) is 13.2. The summed E-state index contributed by atoms with van der Waals surface area (Å²) in [4.78, 5) is 0. The van der Waals surface area contributed by atoms with E-state index < -0.39 is 5.60 Å². The lowest BCUT2D eigenvalue weighted by Gasteiger charge is -2.31. The van der Waals surface area contributed by atoms with Gasteiger partial charge in [-0.3, -0.25) is 4.68 Å². The molecule has 0 unspecified atom stereocenters. The number of hydrogen-bond donors (Lipinski definition) is 1. The Morgan fingerprint density at radius 1 is 1.11 bits per heavy atom. The van der Waals surface area contributed by atoms with Gasteiger partial charge in [0.05, 0.1) is 17.3 Å². The van der Waals surface area contributed by atoms with Gasteiger partial charge in [0.25, 0.3) is 0 Å². The van der Waals surface area contributed by atoms with Crippen molar-refractivity contribution < 1.29 is 5.11 Å². The molecule has 0 radical (unpaired) electrons. The summed E-state index contributed by atoms with van der Waals surface area (Å²) in [5.41, 5.74) is 0.597. The molecule has 2 fully saturated rings. The van der Waals surface area contributed by atoms with E-state index in [0.717, 1.165) is 25.0 Å². The second kappa shape index (κ2) is 5.66. The van der Waals surface area contributed by atoms with E-state index in [-0.39, 0.29) is 0 Å². The number of rotatable bonds is 3. The summed E-state index contributed by atoms with van der Waals surface area (Å²) in [6.07, 6.45) is 15.0. The monoisotopic (exact) mass is 262 g/mol. The van der Waals surface area contributed by atoms with Crippen molar-refractivity contribution in [2.75, 3.05) is 0 Å². The summed E-state index contributed by atoms with van der Waals surface area (Å²) < 4.78 is 2.15. The third kappa shape index (κ3) is 3.19. The minimum atomic E-state index is -0.482. The van der Waals surface area contributed by atoms with Crippen LogP contribution in [0.2, 0.25) is 0 Å². The van der Waals surface area contributed by atoms with Gasteiger partial charge in [0.1, 0.15) is 0 Å². The van der Waals surface area contributed by atoms with Crippen molar-refractivity contribution in [2.24, 2.45) is 0 Å². The van der Waals surface area contributed by atoms with Gasteiger partial charge in [0.15, 0.2) is 0 Å². The minimum absolute atomic E-state index is 0.482. The molecule has 2 aliphatic rings. The van der Waals surface area contributed by atoms with Crippen LogP contribution in [-0.2, 0) is 6.42 Å². The summed E-state index contributed by atoms with van der Waals surface area (Å²) in [7, 11) is 0. The lowest BCUT2D eigenvalue weighted by molar-refractivity contribution is 0.00349. The normalized spacial score (nSPS) is 24.5. The molecule has 106 valence electrons. The van der Waals surface area contributed by atoms with E-state index in [1.54, 1.807) is 0 Å². The molecule has 3 nitrogen and oxygen atoms in total. The van der Waals surface area contributed by atoms with Crippen LogP contribution in [-0.4, -0.2) is 20.5 Å². The molecule has 3 heteroatoms. The first-order valence-electron chi connectivity index (χ1n) is 8.02. The maximum atomic E-state index is 10.6. The van der Waals surface area contributed by atoms with Gasteiger partial charge in [0.2, 0.25) is 0 Å². The van der Waals surface area contributed by atoms with Crippen molar-refractivity contribution in [3.05, 3.63) is 18.0 Å². The predicted octanol–water partition coefficient (Wildman–Crippen LogP) is 3.63. The van der Waals surface area contributed by atoms with Crippen LogP contribution in [0.1, 0.15) is 75.9 Å². The van der Waals surface area contributed by atoms with Gasteiger partial charge in [-0.1, -0.05) is 38.5 Å². The van der Waals surface area contributed by atoms with Crippen LogP contribution < -0.4 is 0 Å². The Labute approximate surface area is 116 Å². The van der Waals surface area contributed by atoms with E-state index in [9.17, 15) is 5.11 Å². The van der Waals surface area contributed by atoms with Gasteiger partial charge >= 0.3 is 0 Å². The van der Waals surface area contributed by atoms with Crippen molar-refractivity contribution in [1.82, 2.24) is 9.78 Å². The Hall–Kier alpha value is -0.830. The predicted molar refractivity (Wildman–Crippen MR) is 76.1 cm³/mol. The third-order valence-corrected chi connectivity index (χ3v) is 4.91. The van der Waals surface area contributed by atoms with Crippen molar-refractivity contribution in [1.29, 1.82) is 0 Å². The van der Waals surface area contributed by atoms with Crippen LogP contribution in [0.5, 0.6) is 0 Å². The molecular weight excluding hydrogens is 236 g/mol. The third-order valence-electron chi connectivity index (χ3n) is 4.91. The fraction of sp³-hybridized carbons (Fsp3) is 0.812. The summed E-state index contributed by atoms with van der Waals surface area (Å²) in [5.74, 6) is 0. The molecule has 0 bridgehead atoms. The fourth-order valence-electron chi connectivity index (χ4n) is 3.74. The number of hydrogen-bond acceptors (Lipinski definition) is 2. The largest absolute Gasteiger partial charge is 0.389 e. The highest BCUT2D eigenvalue weighted by Crippen LogP contribution is 2.32. The topological polar surface area (TPSA) is 38.0 Å². The van der Waals surface area contributed by atoms with Gasteiger partial charge in [-0.25, -0.2) is 0 Å². The standard InChI is InChI=1S/C16H26N2O/c19-16(10-5-2-6-11-16)13-14-9-12-18(17-14)15-7-3-1-4-8-15/h9,12,15,19H,1-8,10-11,13H2. The van der Waals surface area contributed by atoms with Crippen molar-refractivity contribution in [3.8, 4) is 0 Å². The van der Waals surface area contributed by atoms with Crippen molar-refractivity contribution in [2.45, 2.75) is 82.3 Å². The zero-order valence-corrected chi connectivity index (χ0v) is 11.9. The highest BCUT2D eigenvalue weighted by Gasteiger charge is 2.30.